The van der Waals surface area contributed by atoms with E-state index in [2.05, 4.69) is 33.0 Å². The minimum absolute atomic E-state index is 0.355. The number of azo groups is 1. The van der Waals surface area contributed by atoms with Crippen molar-refractivity contribution < 1.29 is 9.59 Å². The van der Waals surface area contributed by atoms with Gasteiger partial charge in [-0.25, -0.2) is 0 Å². The first kappa shape index (κ1) is 15.1. The second kappa shape index (κ2) is 6.19. The molecule has 2 N–H and O–H groups in total. The van der Waals surface area contributed by atoms with Crippen LogP contribution in [0.4, 0.5) is 0 Å². The van der Waals surface area contributed by atoms with E-state index < -0.39 is 0 Å². The Morgan fingerprint density at radius 3 is 1.71 bits per heavy atom. The molecule has 0 aromatic heterocycles. The van der Waals surface area contributed by atoms with Crippen LogP contribution in [0, 0.1) is 11.8 Å². The average Bonchev–Trinajstić information content (AvgIpc) is 3.23. The zero-order valence-corrected chi connectivity index (χ0v) is 13.3. The van der Waals surface area contributed by atoms with Gasteiger partial charge >= 0.3 is 0 Å². The van der Waals surface area contributed by atoms with Crippen molar-refractivity contribution in [2.24, 2.45) is 22.1 Å². The van der Waals surface area contributed by atoms with Crippen LogP contribution < -0.4 is 10.6 Å². The van der Waals surface area contributed by atoms with Gasteiger partial charge in [0, 0.05) is 23.2 Å². The van der Waals surface area contributed by atoms with E-state index in [0.717, 1.165) is 24.2 Å². The fraction of sp³-hybridized carbons (Fsp3) is 0.444. The van der Waals surface area contributed by atoms with Gasteiger partial charge in [0.25, 0.3) is 11.8 Å². The Morgan fingerprint density at radius 1 is 0.833 bits per heavy atom. The second-order valence-electron chi connectivity index (χ2n) is 6.71. The number of rotatable bonds is 2. The summed E-state index contributed by atoms with van der Waals surface area (Å²) < 4.78 is 0. The Morgan fingerprint density at radius 2 is 1.29 bits per heavy atom. The van der Waals surface area contributed by atoms with Crippen molar-refractivity contribution >= 4 is 11.8 Å². The van der Waals surface area contributed by atoms with Crippen molar-refractivity contribution in [3.05, 3.63) is 47.9 Å². The van der Waals surface area contributed by atoms with Crippen molar-refractivity contribution in [1.29, 1.82) is 0 Å². The maximum Gasteiger partial charge on any atom is 0.286 e. The van der Waals surface area contributed by atoms with Gasteiger partial charge in [0.1, 0.15) is 12.1 Å². The van der Waals surface area contributed by atoms with Gasteiger partial charge in [-0.2, -0.15) is 0 Å². The molecule has 0 radical (unpaired) electrons. The van der Waals surface area contributed by atoms with Crippen LogP contribution in [0.15, 0.2) is 58.1 Å². The maximum absolute atomic E-state index is 12.2. The standard InChI is InChI=1S/C18H20N4O2/c23-17(15-9-11-5-1-3-7-13(11)19-15)21-22-18(24)16-10-12-6-2-4-8-14(12)20-16/h1-4,7-8,11-12,15-16,19-20H,5-6,9-10H2. The number of allylic oxidation sites excluding steroid dienone is 8. The van der Waals surface area contributed by atoms with Crippen molar-refractivity contribution in [2.75, 3.05) is 0 Å². The van der Waals surface area contributed by atoms with E-state index in [4.69, 9.17) is 0 Å². The lowest BCUT2D eigenvalue weighted by Crippen LogP contribution is -2.30. The van der Waals surface area contributed by atoms with Crippen molar-refractivity contribution in [3.63, 3.8) is 0 Å². The minimum Gasteiger partial charge on any atom is -0.377 e. The molecule has 2 amide bonds. The zero-order chi connectivity index (χ0) is 16.5. The number of nitrogens with one attached hydrogen (secondary N) is 2. The largest absolute Gasteiger partial charge is 0.377 e. The highest BCUT2D eigenvalue weighted by molar-refractivity contribution is 5.87. The first-order valence-corrected chi connectivity index (χ1v) is 8.46. The molecule has 124 valence electrons. The summed E-state index contributed by atoms with van der Waals surface area (Å²) in [5, 5.41) is 13.7. The van der Waals surface area contributed by atoms with E-state index in [1.807, 2.05) is 24.3 Å². The molecule has 2 fully saturated rings. The Kier molecular flexibility index (Phi) is 3.88. The van der Waals surface area contributed by atoms with Crippen LogP contribution in [-0.2, 0) is 9.59 Å². The summed E-state index contributed by atoms with van der Waals surface area (Å²) in [6.07, 6.45) is 15.5. The molecule has 0 bridgehead atoms. The zero-order valence-electron chi connectivity index (χ0n) is 13.3. The lowest BCUT2D eigenvalue weighted by Gasteiger charge is -2.10. The minimum atomic E-state index is -0.372. The number of amides is 2. The van der Waals surface area contributed by atoms with Crippen LogP contribution in [0.1, 0.15) is 25.7 Å². The molecule has 0 spiro atoms. The number of nitrogens with zero attached hydrogens (tertiary/aromatic N) is 2. The van der Waals surface area contributed by atoms with Crippen LogP contribution >= 0.6 is 0 Å². The van der Waals surface area contributed by atoms with E-state index in [-0.39, 0.29) is 23.9 Å². The molecule has 0 aromatic rings. The summed E-state index contributed by atoms with van der Waals surface area (Å²) in [7, 11) is 0. The van der Waals surface area contributed by atoms with Crippen LogP contribution in [0.5, 0.6) is 0 Å². The summed E-state index contributed by atoms with van der Waals surface area (Å²) in [6, 6.07) is -0.743. The average molecular weight is 324 g/mol. The third-order valence-corrected chi connectivity index (χ3v) is 5.11. The smallest absolute Gasteiger partial charge is 0.286 e. The molecule has 0 saturated carbocycles. The first-order chi connectivity index (χ1) is 11.7. The molecule has 2 aliphatic heterocycles. The second-order valence-corrected chi connectivity index (χ2v) is 6.71. The molecule has 6 heteroatoms. The van der Waals surface area contributed by atoms with E-state index in [0.29, 0.717) is 24.7 Å². The fourth-order valence-corrected chi connectivity index (χ4v) is 3.79. The number of hydrogen-bond donors (Lipinski definition) is 2. The maximum atomic E-state index is 12.2. The predicted molar refractivity (Wildman–Crippen MR) is 88.6 cm³/mol. The quantitative estimate of drug-likeness (QED) is 0.762. The van der Waals surface area contributed by atoms with Crippen LogP contribution in [0.2, 0.25) is 0 Å². The molecule has 24 heavy (non-hydrogen) atoms. The molecule has 4 atom stereocenters. The summed E-state index contributed by atoms with van der Waals surface area (Å²) in [5.74, 6) is -0.0206. The van der Waals surface area contributed by atoms with Crippen LogP contribution in [0.25, 0.3) is 0 Å². The van der Waals surface area contributed by atoms with E-state index >= 15 is 0 Å². The molecule has 4 rings (SSSR count). The Bertz CT molecular complexity index is 657. The summed E-state index contributed by atoms with van der Waals surface area (Å²) in [5.41, 5.74) is 2.16. The third-order valence-electron chi connectivity index (χ3n) is 5.11. The SMILES string of the molecule is O=C(N=NC(=O)C1CC2CC=CC=C2N1)C1CC2CC=CC=C2N1. The van der Waals surface area contributed by atoms with Crippen molar-refractivity contribution in [3.8, 4) is 0 Å². The van der Waals surface area contributed by atoms with Crippen molar-refractivity contribution in [1.82, 2.24) is 10.6 Å². The van der Waals surface area contributed by atoms with E-state index in [1.165, 1.54) is 0 Å². The topological polar surface area (TPSA) is 82.9 Å². The van der Waals surface area contributed by atoms with Gasteiger partial charge in [0.15, 0.2) is 0 Å². The molecule has 0 aromatic carbocycles. The molecule has 2 saturated heterocycles. The van der Waals surface area contributed by atoms with Gasteiger partial charge in [-0.05, 0) is 37.8 Å². The molecule has 4 unspecified atom stereocenters. The number of carbonyl (C=O) groups excluding carboxylic acids is 2. The summed E-state index contributed by atoms with van der Waals surface area (Å²) >= 11 is 0. The van der Waals surface area contributed by atoms with E-state index in [9.17, 15) is 9.59 Å². The molecular formula is C18H20N4O2. The molecule has 2 aliphatic carbocycles. The highest BCUT2D eigenvalue weighted by atomic mass is 16.2. The van der Waals surface area contributed by atoms with Crippen molar-refractivity contribution in [2.45, 2.75) is 37.8 Å². The molecule has 4 aliphatic rings. The highest BCUT2D eigenvalue weighted by Crippen LogP contribution is 2.31. The Balaban J connectivity index is 1.34. The number of hydrogen-bond acceptors (Lipinski definition) is 4. The molecular weight excluding hydrogens is 304 g/mol. The van der Waals surface area contributed by atoms with Crippen LogP contribution in [-0.4, -0.2) is 23.9 Å². The highest BCUT2D eigenvalue weighted by Gasteiger charge is 2.35. The van der Waals surface area contributed by atoms with E-state index in [1.54, 1.807) is 0 Å². The monoisotopic (exact) mass is 324 g/mol. The van der Waals surface area contributed by atoms with Gasteiger partial charge in [-0.1, -0.05) is 24.3 Å². The van der Waals surface area contributed by atoms with Crippen LogP contribution in [0.3, 0.4) is 0 Å². The third kappa shape index (κ3) is 2.84. The lowest BCUT2D eigenvalue weighted by atomic mass is 9.95. The first-order valence-electron chi connectivity index (χ1n) is 8.46. The normalized spacial score (nSPS) is 33.3. The number of fused-ring (bicyclic) bond motifs is 2. The van der Waals surface area contributed by atoms with Gasteiger partial charge in [0.2, 0.25) is 0 Å². The Labute approximate surface area is 140 Å². The van der Waals surface area contributed by atoms with Gasteiger partial charge in [0.05, 0.1) is 0 Å². The van der Waals surface area contributed by atoms with Gasteiger partial charge in [-0.15, -0.1) is 10.2 Å². The Hall–Kier alpha value is -2.50. The fourth-order valence-electron chi connectivity index (χ4n) is 3.79. The lowest BCUT2D eigenvalue weighted by molar-refractivity contribution is -0.123. The molecule has 6 nitrogen and oxygen atoms in total. The number of carbonyl (C=O) groups is 2. The molecule has 2 heterocycles. The van der Waals surface area contributed by atoms with Gasteiger partial charge < -0.3 is 10.6 Å². The van der Waals surface area contributed by atoms with Gasteiger partial charge in [-0.3, -0.25) is 9.59 Å². The summed E-state index contributed by atoms with van der Waals surface area (Å²) in [4.78, 5) is 24.4. The predicted octanol–water partition coefficient (Wildman–Crippen LogP) is 2.14. The summed E-state index contributed by atoms with van der Waals surface area (Å²) in [6.45, 7) is 0.